The molecule has 0 aromatic heterocycles. The fraction of sp³-hybridized carbons (Fsp3) is 0.538. The normalized spacial score (nSPS) is 24.8. The van der Waals surface area contributed by atoms with Gasteiger partial charge in [0, 0.05) is 31.4 Å². The number of morpholine rings is 1. The fourth-order valence-corrected chi connectivity index (χ4v) is 2.19. The van der Waals surface area contributed by atoms with E-state index in [4.69, 9.17) is 15.2 Å². The summed E-state index contributed by atoms with van der Waals surface area (Å²) < 4.78 is 11.0. The summed E-state index contributed by atoms with van der Waals surface area (Å²) >= 11 is 0. The maximum atomic E-state index is 5.75. The Labute approximate surface area is 102 Å². The zero-order valence-corrected chi connectivity index (χ0v) is 10.4. The third-order valence-electron chi connectivity index (χ3n) is 3.01. The topological polar surface area (TPSA) is 47.7 Å². The van der Waals surface area contributed by atoms with Crippen molar-refractivity contribution < 1.29 is 9.47 Å². The van der Waals surface area contributed by atoms with Crippen LogP contribution >= 0.6 is 0 Å². The molecule has 4 nitrogen and oxygen atoms in total. The first-order valence-electron chi connectivity index (χ1n) is 5.97. The Bertz CT molecular complexity index is 370. The van der Waals surface area contributed by atoms with Crippen LogP contribution in [0.3, 0.4) is 0 Å². The largest absolute Gasteiger partial charge is 0.497 e. The maximum absolute atomic E-state index is 5.75. The van der Waals surface area contributed by atoms with Gasteiger partial charge in [0.1, 0.15) is 5.75 Å². The van der Waals surface area contributed by atoms with Crippen LogP contribution in [0.5, 0.6) is 5.75 Å². The molecule has 0 bridgehead atoms. The van der Waals surface area contributed by atoms with Gasteiger partial charge in [-0.2, -0.15) is 0 Å². The Morgan fingerprint density at radius 2 is 2.29 bits per heavy atom. The highest BCUT2D eigenvalue weighted by molar-refractivity contribution is 5.51. The van der Waals surface area contributed by atoms with Crippen LogP contribution in [-0.4, -0.2) is 39.0 Å². The lowest BCUT2D eigenvalue weighted by Crippen LogP contribution is -2.49. The average Bonchev–Trinajstić information content (AvgIpc) is 2.38. The molecule has 1 heterocycles. The highest BCUT2D eigenvalue weighted by Gasteiger charge is 2.24. The van der Waals surface area contributed by atoms with E-state index in [1.807, 2.05) is 18.2 Å². The van der Waals surface area contributed by atoms with Crippen molar-refractivity contribution in [3.05, 3.63) is 24.3 Å². The van der Waals surface area contributed by atoms with Crippen LogP contribution in [-0.2, 0) is 4.74 Å². The fourth-order valence-electron chi connectivity index (χ4n) is 2.19. The second kappa shape index (κ2) is 5.38. The minimum absolute atomic E-state index is 0.116. The molecule has 1 fully saturated rings. The van der Waals surface area contributed by atoms with Gasteiger partial charge in [-0.3, -0.25) is 0 Å². The van der Waals surface area contributed by atoms with Crippen LogP contribution in [0.25, 0.3) is 0 Å². The van der Waals surface area contributed by atoms with Gasteiger partial charge in [0.15, 0.2) is 0 Å². The van der Waals surface area contributed by atoms with E-state index >= 15 is 0 Å². The summed E-state index contributed by atoms with van der Waals surface area (Å²) in [5.41, 5.74) is 6.85. The number of hydrogen-bond acceptors (Lipinski definition) is 4. The van der Waals surface area contributed by atoms with Gasteiger partial charge in [-0.05, 0) is 19.1 Å². The first-order valence-corrected chi connectivity index (χ1v) is 5.97. The molecule has 0 aliphatic carbocycles. The lowest BCUT2D eigenvalue weighted by molar-refractivity contribution is -0.0104. The van der Waals surface area contributed by atoms with Gasteiger partial charge < -0.3 is 20.1 Å². The number of methoxy groups -OCH3 is 1. The number of ether oxygens (including phenoxy) is 2. The van der Waals surface area contributed by atoms with E-state index in [1.54, 1.807) is 7.11 Å². The van der Waals surface area contributed by atoms with Gasteiger partial charge in [0.25, 0.3) is 0 Å². The molecule has 2 N–H and O–H groups in total. The molecule has 1 aliphatic heterocycles. The predicted octanol–water partition coefficient (Wildman–Crippen LogP) is 1.25. The summed E-state index contributed by atoms with van der Waals surface area (Å²) in [7, 11) is 1.68. The number of nitrogens with zero attached hydrogens (tertiary/aromatic N) is 1. The zero-order chi connectivity index (χ0) is 12.3. The van der Waals surface area contributed by atoms with Crippen LogP contribution < -0.4 is 15.4 Å². The molecular weight excluding hydrogens is 216 g/mol. The van der Waals surface area contributed by atoms with Crippen LogP contribution in [0, 0.1) is 0 Å². The number of hydrogen-bond donors (Lipinski definition) is 1. The van der Waals surface area contributed by atoms with Gasteiger partial charge in [-0.1, -0.05) is 6.07 Å². The third kappa shape index (κ3) is 2.90. The maximum Gasteiger partial charge on any atom is 0.120 e. The molecule has 0 saturated carbocycles. The summed E-state index contributed by atoms with van der Waals surface area (Å²) in [6.45, 7) is 4.37. The third-order valence-corrected chi connectivity index (χ3v) is 3.01. The van der Waals surface area contributed by atoms with Crippen molar-refractivity contribution in [2.75, 3.05) is 31.6 Å². The van der Waals surface area contributed by atoms with E-state index in [0.717, 1.165) is 24.5 Å². The molecule has 1 aromatic rings. The quantitative estimate of drug-likeness (QED) is 0.858. The summed E-state index contributed by atoms with van der Waals surface area (Å²) in [5.74, 6) is 0.881. The minimum atomic E-state index is 0.116. The molecule has 2 unspecified atom stereocenters. The molecule has 0 spiro atoms. The molecule has 0 amide bonds. The van der Waals surface area contributed by atoms with Crippen LogP contribution in [0.1, 0.15) is 6.92 Å². The first kappa shape index (κ1) is 12.2. The molecule has 94 valence electrons. The monoisotopic (exact) mass is 236 g/mol. The van der Waals surface area contributed by atoms with Crippen molar-refractivity contribution in [2.24, 2.45) is 5.73 Å². The Hall–Kier alpha value is -1.26. The van der Waals surface area contributed by atoms with Crippen molar-refractivity contribution in [1.29, 1.82) is 0 Å². The lowest BCUT2D eigenvalue weighted by Gasteiger charge is -2.37. The van der Waals surface area contributed by atoms with E-state index in [0.29, 0.717) is 6.54 Å². The van der Waals surface area contributed by atoms with Gasteiger partial charge in [-0.15, -0.1) is 0 Å². The van der Waals surface area contributed by atoms with Crippen molar-refractivity contribution in [2.45, 2.75) is 19.1 Å². The van der Waals surface area contributed by atoms with E-state index < -0.39 is 0 Å². The SMILES string of the molecule is COc1cccc(N2CC(C)OC(CN)C2)c1. The van der Waals surface area contributed by atoms with Crippen LogP contribution in [0.15, 0.2) is 24.3 Å². The molecule has 2 rings (SSSR count). The molecule has 1 aliphatic rings. The van der Waals surface area contributed by atoms with Gasteiger partial charge in [0.2, 0.25) is 0 Å². The smallest absolute Gasteiger partial charge is 0.120 e. The second-order valence-electron chi connectivity index (χ2n) is 4.41. The zero-order valence-electron chi connectivity index (χ0n) is 10.4. The Morgan fingerprint density at radius 1 is 1.47 bits per heavy atom. The van der Waals surface area contributed by atoms with E-state index in [2.05, 4.69) is 17.9 Å². The molecule has 2 atom stereocenters. The molecule has 1 saturated heterocycles. The molecule has 1 aromatic carbocycles. The summed E-state index contributed by atoms with van der Waals surface area (Å²) in [5, 5.41) is 0. The number of rotatable bonds is 3. The predicted molar refractivity (Wildman–Crippen MR) is 68.6 cm³/mol. The van der Waals surface area contributed by atoms with E-state index in [-0.39, 0.29) is 12.2 Å². The van der Waals surface area contributed by atoms with Crippen LogP contribution in [0.2, 0.25) is 0 Å². The molecule has 4 heteroatoms. The summed E-state index contributed by atoms with van der Waals surface area (Å²) in [4.78, 5) is 2.30. The van der Waals surface area contributed by atoms with Crippen molar-refractivity contribution in [1.82, 2.24) is 0 Å². The van der Waals surface area contributed by atoms with E-state index in [1.165, 1.54) is 0 Å². The van der Waals surface area contributed by atoms with E-state index in [9.17, 15) is 0 Å². The molecule has 0 radical (unpaired) electrons. The Balaban J connectivity index is 2.14. The minimum Gasteiger partial charge on any atom is -0.497 e. The van der Waals surface area contributed by atoms with Crippen molar-refractivity contribution in [3.8, 4) is 5.75 Å². The lowest BCUT2D eigenvalue weighted by atomic mass is 10.2. The average molecular weight is 236 g/mol. The van der Waals surface area contributed by atoms with Gasteiger partial charge in [0.05, 0.1) is 19.3 Å². The van der Waals surface area contributed by atoms with Gasteiger partial charge >= 0.3 is 0 Å². The highest BCUT2D eigenvalue weighted by Crippen LogP contribution is 2.24. The number of nitrogens with two attached hydrogens (primary N) is 1. The Morgan fingerprint density at radius 3 is 3.00 bits per heavy atom. The van der Waals surface area contributed by atoms with Crippen LogP contribution in [0.4, 0.5) is 5.69 Å². The Kier molecular flexibility index (Phi) is 3.86. The molecular formula is C13H20N2O2. The number of anilines is 1. The highest BCUT2D eigenvalue weighted by atomic mass is 16.5. The first-order chi connectivity index (χ1) is 8.22. The molecule has 17 heavy (non-hydrogen) atoms. The van der Waals surface area contributed by atoms with Crippen molar-refractivity contribution >= 4 is 5.69 Å². The summed E-state index contributed by atoms with van der Waals surface area (Å²) in [6.07, 6.45) is 0.327. The standard InChI is InChI=1S/C13H20N2O2/c1-10-8-15(9-13(7-14)17-10)11-4-3-5-12(6-11)16-2/h3-6,10,13H,7-9,14H2,1-2H3. The van der Waals surface area contributed by atoms with Crippen molar-refractivity contribution in [3.63, 3.8) is 0 Å². The summed E-state index contributed by atoms with van der Waals surface area (Å²) in [6, 6.07) is 8.10. The second-order valence-corrected chi connectivity index (χ2v) is 4.41. The number of benzene rings is 1. The van der Waals surface area contributed by atoms with Gasteiger partial charge in [-0.25, -0.2) is 0 Å².